The third-order valence-electron chi connectivity index (χ3n) is 29.9. The van der Waals surface area contributed by atoms with E-state index in [1.165, 1.54) is 26.9 Å². The number of pyridine rings is 3. The zero-order chi connectivity index (χ0) is 103. The number of rotatable bonds is 22. The van der Waals surface area contributed by atoms with Crippen LogP contribution in [-0.2, 0) is 76.7 Å². The Morgan fingerprint density at radius 1 is 0.432 bits per heavy atom. The lowest BCUT2D eigenvalue weighted by Gasteiger charge is -2.30. The van der Waals surface area contributed by atoms with E-state index in [0.717, 1.165) is 167 Å². The number of cyclic esters (lactones) is 2. The van der Waals surface area contributed by atoms with Crippen LogP contribution >= 0.6 is 0 Å². The molecular formula is C114H134N12O20. The second-order valence-corrected chi connectivity index (χ2v) is 40.6. The van der Waals surface area contributed by atoms with Crippen molar-refractivity contribution in [1.29, 1.82) is 0 Å². The fourth-order valence-electron chi connectivity index (χ4n) is 21.2. The first-order chi connectivity index (χ1) is 70.5. The van der Waals surface area contributed by atoms with E-state index in [1.54, 1.807) is 13.8 Å². The topological polar surface area (TPSA) is 432 Å². The van der Waals surface area contributed by atoms with Crippen molar-refractivity contribution in [3.05, 3.63) is 206 Å². The highest BCUT2D eigenvalue weighted by Gasteiger charge is 2.64. The summed E-state index contributed by atoms with van der Waals surface area (Å²) in [4.78, 5) is 179. The number of aromatic nitrogens is 3. The summed E-state index contributed by atoms with van der Waals surface area (Å²) in [5.74, 6) is -6.01. The Morgan fingerprint density at radius 2 is 0.781 bits per heavy atom. The minimum Gasteiger partial charge on any atom is -0.488 e. The fraction of sp³-hybridized carbons (Fsp3) is 0.465. The van der Waals surface area contributed by atoms with E-state index < -0.39 is 143 Å². The van der Waals surface area contributed by atoms with Crippen LogP contribution in [0.4, 0.5) is 9.59 Å². The zero-order valence-electron chi connectivity index (χ0n) is 83.8. The van der Waals surface area contributed by atoms with Gasteiger partial charge in [0.25, 0.3) is 0 Å². The van der Waals surface area contributed by atoms with Crippen LogP contribution in [0, 0.1) is 23.7 Å². The number of carbonyl (C=O) groups excluding carboxylic acids is 9. The molecule has 6 aliphatic heterocycles. The lowest BCUT2D eigenvalue weighted by atomic mass is 10.0. The summed E-state index contributed by atoms with van der Waals surface area (Å²) >= 11 is 0. The Balaban J connectivity index is 0.000000157. The molecule has 6 fully saturated rings. The highest BCUT2D eigenvalue weighted by atomic mass is 16.6. The Kier molecular flexibility index (Phi) is 33.5. The monoisotopic (exact) mass is 1990 g/mol. The molecule has 12 bridgehead atoms. The molecule has 9 aliphatic rings. The van der Waals surface area contributed by atoms with Crippen LogP contribution < -0.4 is 46.1 Å². The smallest absolute Gasteiger partial charge is 0.407 e. The number of ether oxygens (including phenoxy) is 5. The van der Waals surface area contributed by atoms with Crippen molar-refractivity contribution < 1.29 is 96.5 Å². The maximum Gasteiger partial charge on any atom is 0.407 e. The van der Waals surface area contributed by atoms with Crippen LogP contribution in [0.5, 0.6) is 17.2 Å². The van der Waals surface area contributed by atoms with Gasteiger partial charge >= 0.3 is 30.1 Å². The number of aliphatic carboxylic acids is 3. The van der Waals surface area contributed by atoms with E-state index in [-0.39, 0.29) is 88.6 Å². The maximum atomic E-state index is 14.3. The van der Waals surface area contributed by atoms with Crippen LogP contribution in [0.15, 0.2) is 189 Å². The van der Waals surface area contributed by atoms with Gasteiger partial charge in [-0.05, 0) is 161 Å². The molecule has 146 heavy (non-hydrogen) atoms. The average molecular weight is 1990 g/mol. The first-order valence-electron chi connectivity index (χ1n) is 52.0. The number of amides is 9. The minimum absolute atomic E-state index is 0.0476. The van der Waals surface area contributed by atoms with Gasteiger partial charge in [0.2, 0.25) is 41.4 Å². The van der Waals surface area contributed by atoms with Crippen molar-refractivity contribution in [3.8, 4) is 51.0 Å². The van der Waals surface area contributed by atoms with E-state index in [2.05, 4.69) is 81.5 Å². The number of hydrogen-bond acceptors (Lipinski definition) is 20. The van der Waals surface area contributed by atoms with Crippen molar-refractivity contribution >= 4 is 104 Å². The number of hydrogen-bond donors (Lipinski definition) is 9. The fourth-order valence-corrected chi connectivity index (χ4v) is 21.2. The van der Waals surface area contributed by atoms with Crippen molar-refractivity contribution in [3.63, 3.8) is 0 Å². The molecule has 32 heteroatoms. The van der Waals surface area contributed by atoms with Crippen molar-refractivity contribution in [2.45, 2.75) is 279 Å². The molecule has 3 aliphatic carbocycles. The van der Waals surface area contributed by atoms with E-state index in [4.69, 9.17) is 38.6 Å². The summed E-state index contributed by atoms with van der Waals surface area (Å²) < 4.78 is 31.1. The predicted molar refractivity (Wildman–Crippen MR) is 550 cm³/mol. The van der Waals surface area contributed by atoms with E-state index in [0.29, 0.717) is 75.0 Å². The van der Waals surface area contributed by atoms with Gasteiger partial charge in [-0.1, -0.05) is 207 Å². The Bertz CT molecular complexity index is 6350. The molecule has 18 rings (SSSR count). The molecule has 3 saturated heterocycles. The SMILES string of the molecule is C=C[C@@H]1C[C@]1(NC(=O)[C@@H]1C[C@@H]2CN1C(=O)[C@H](C(C)C)NC(=O)OCCCCCc1ccc3nc(-c4ccccc4)cc(c3c1)O2)C(=O)O.C=C[C@@H]1C[C@]1(NC(=O)[C@@H]1C[C@@H]2CN1C(=O)[C@H](CCCC)NC(=O)OCCCCCCc1ccc3nc(-c4ccccc4)cc(c3c1)O2)C(=O)O.CCCC[C@@H]1NC(=O)CCCCCc2ccc3nc(-c4ccccc4)cc(c3c2)O[C@@H]2C[C@@H](C(=O)N[C@]3(C(=O)O)C[C@H]3CC)N(C2)C1=O. The number of nitrogens with zero attached hydrogens (tertiary/aromatic N) is 6. The Morgan fingerprint density at radius 3 is 1.14 bits per heavy atom. The molecule has 9 N–H and O–H groups in total. The Labute approximate surface area is 850 Å². The summed E-state index contributed by atoms with van der Waals surface area (Å²) in [5.41, 5.74) is 6.43. The van der Waals surface area contributed by atoms with E-state index in [9.17, 15) is 72.9 Å². The molecule has 0 radical (unpaired) electrons. The molecule has 9 amide bonds. The molecule has 3 saturated carbocycles. The van der Waals surface area contributed by atoms with Crippen LogP contribution in [-0.4, -0.2) is 220 Å². The first-order valence-corrected chi connectivity index (χ1v) is 52.0. The molecule has 6 aromatic carbocycles. The summed E-state index contributed by atoms with van der Waals surface area (Å²) in [6.07, 6.45) is 16.9. The number of benzene rings is 6. The van der Waals surface area contributed by atoms with E-state index in [1.807, 2.05) is 148 Å². The summed E-state index contributed by atoms with van der Waals surface area (Å²) in [5, 5.41) is 49.3. The van der Waals surface area contributed by atoms with E-state index >= 15 is 0 Å². The molecule has 770 valence electrons. The van der Waals surface area contributed by atoms with Gasteiger partial charge in [-0.25, -0.2) is 38.9 Å². The van der Waals surface area contributed by atoms with Crippen LogP contribution in [0.1, 0.15) is 205 Å². The minimum atomic E-state index is -1.47. The van der Waals surface area contributed by atoms with Gasteiger partial charge < -0.3 is 85.6 Å². The molecule has 3 aromatic heterocycles. The van der Waals surface area contributed by atoms with Gasteiger partial charge in [0.15, 0.2) is 0 Å². The second kappa shape index (κ2) is 46.8. The average Bonchev–Trinajstić information content (AvgIpc) is 1.60. The summed E-state index contributed by atoms with van der Waals surface area (Å²) in [6, 6.07) is 48.0. The number of carbonyl (C=O) groups is 12. The molecule has 32 nitrogen and oxygen atoms in total. The predicted octanol–water partition coefficient (Wildman–Crippen LogP) is 16.1. The number of aryl methyl sites for hydroxylation is 3. The first kappa shape index (κ1) is 105. The van der Waals surface area contributed by atoms with Crippen LogP contribution in [0.3, 0.4) is 0 Å². The van der Waals surface area contributed by atoms with Gasteiger partial charge in [-0.3, -0.25) is 33.6 Å². The molecule has 9 aromatic rings. The normalized spacial score (nSPS) is 26.0. The van der Waals surface area contributed by atoms with Crippen molar-refractivity contribution in [1.82, 2.24) is 61.6 Å². The molecule has 15 atom stereocenters. The van der Waals surface area contributed by atoms with Gasteiger partial charge in [-0.2, -0.15) is 0 Å². The number of nitrogens with one attached hydrogen (secondary N) is 6. The number of carboxylic acid groups (broad SMARTS) is 3. The van der Waals surface area contributed by atoms with Gasteiger partial charge in [0, 0.05) is 88.6 Å². The summed E-state index contributed by atoms with van der Waals surface area (Å²) in [7, 11) is 0. The van der Waals surface area contributed by atoms with Crippen LogP contribution in [0.25, 0.3) is 66.5 Å². The van der Waals surface area contributed by atoms with Gasteiger partial charge in [-0.15, -0.1) is 13.2 Å². The third-order valence-corrected chi connectivity index (χ3v) is 29.9. The van der Waals surface area contributed by atoms with Crippen molar-refractivity contribution in [2.24, 2.45) is 23.7 Å². The van der Waals surface area contributed by atoms with Crippen molar-refractivity contribution in [2.75, 3.05) is 32.8 Å². The molecular weight excluding hydrogens is 1860 g/mol. The van der Waals surface area contributed by atoms with Gasteiger partial charge in [0.05, 0.1) is 66.5 Å². The zero-order valence-corrected chi connectivity index (χ0v) is 83.8. The van der Waals surface area contributed by atoms with Crippen LogP contribution in [0.2, 0.25) is 0 Å². The lowest BCUT2D eigenvalue weighted by Crippen LogP contribution is -2.57. The second-order valence-electron chi connectivity index (χ2n) is 40.6. The lowest BCUT2D eigenvalue weighted by molar-refractivity contribution is -0.146. The standard InChI is InChI=1S/C39H46N4O7.C38H46N4O6.C37H42N4O7/c1-3-5-16-31-36(45)43-24-28(21-33(43)35(44)42-39(37(46)47)23-27(39)4-2)50-34-22-32(26-14-10-8-11-15-26)40-30-18-17-25(20-29(30)34)13-9-6-7-12-19-49-38(48)41-31;1-3-5-15-30-36(45)42-23-27(20-32(42)35(44)41-38(37(46)47)22-26(38)4-2)48-33-21-31(25-13-9-7-10-14-25)39-29-18-17-24(19-28(29)33)12-8-6-11-16-34(43)40-30;1-4-25-20-37(25,35(44)45)40-33(42)30-18-26-21-41(30)34(43)32(22(2)3)39-36(46)47-16-10-6-7-11-23-14-15-28-27(17-23)31(48-26)19-29(38-28)24-12-8-5-9-13-24/h4,8,10-11,14-15,17-18,20,22,27-28,31,33H,2-3,5-7,9,12-13,16,19,21,23-24H2,1H3,(H,41,48)(H,42,44)(H,46,47);7,9-10,13-14,17-19,21,26-27,30,32H,3-6,8,11-12,15-16,20,22-23H2,1-2H3,(H,40,43)(H,41,44)(H,46,47);4-5,8-9,12-15,17,19,22,25-26,30,32H,1,6-7,10-11,16,18,20-21H2,2-3H3,(H,39,46)(H,40,42)(H,44,45)/t27-,28-,31+,33+,39-;26-,27-,30+,32+,38-;25-,26-,30+,32+,37-/m111/s1. The van der Waals surface area contributed by atoms with Gasteiger partial charge in [0.1, 0.15) is 88.4 Å². The molecule has 0 spiro atoms. The molecule has 9 heterocycles. The highest BCUT2D eigenvalue weighted by molar-refractivity contribution is 6.00. The quantitative estimate of drug-likeness (QED) is 0.0285. The highest BCUT2D eigenvalue weighted by Crippen LogP contribution is 2.49. The number of alkyl carbamates (subject to hydrolysis) is 2. The Hall–Kier alpha value is -14.3. The number of carboxylic acids is 3. The molecule has 0 unspecified atom stereocenters. The number of fused-ring (bicyclic) bond motifs is 9. The number of unbranched alkanes of at least 4 members (excludes halogenated alkanes) is 2. The summed E-state index contributed by atoms with van der Waals surface area (Å²) in [6.45, 7) is 17.7. The maximum absolute atomic E-state index is 14.3. The largest absolute Gasteiger partial charge is 0.488 e. The third kappa shape index (κ3) is 24.2.